The number of thiazole rings is 1. The molecule has 30 heavy (non-hydrogen) atoms. The number of aromatic hydroxyl groups is 1. The molecule has 0 radical (unpaired) electrons. The van der Waals surface area contributed by atoms with Gasteiger partial charge in [-0.15, -0.1) is 11.3 Å². The number of nitrogens with two attached hydrogens (primary N) is 1. The Morgan fingerprint density at radius 3 is 2.83 bits per heavy atom. The molecular formula is C23H32N4O2S. The highest BCUT2D eigenvalue weighted by molar-refractivity contribution is 7.11. The third-order valence-electron chi connectivity index (χ3n) is 6.44. The van der Waals surface area contributed by atoms with E-state index in [1.165, 1.54) is 42.2 Å². The third kappa shape index (κ3) is 5.39. The molecule has 0 bridgehead atoms. The fraction of sp³-hybridized carbons (Fsp3) is 0.565. The van der Waals surface area contributed by atoms with Gasteiger partial charge in [0, 0.05) is 23.0 Å². The molecule has 1 saturated heterocycles. The Hall–Kier alpha value is -1.96. The first-order valence-corrected chi connectivity index (χ1v) is 11.8. The quantitative estimate of drug-likeness (QED) is 0.571. The van der Waals surface area contributed by atoms with E-state index in [9.17, 15) is 9.90 Å². The standard InChI is InChI=1S/C23H32N4O2S/c1-15-25-14-22(30-15)19-12-20(19)26-13-17-6-9-27(10-7-17)8-2-3-16-4-5-18(23(24)29)21(28)11-16/h4-5,11,14,17,19-20,26,28H,2-3,6-10,12-13H2,1H3,(H2,24,29). The lowest BCUT2D eigenvalue weighted by Gasteiger charge is -2.32. The summed E-state index contributed by atoms with van der Waals surface area (Å²) in [4.78, 5) is 19.6. The molecule has 7 heteroatoms. The summed E-state index contributed by atoms with van der Waals surface area (Å²) in [5.41, 5.74) is 6.47. The summed E-state index contributed by atoms with van der Waals surface area (Å²) in [6.07, 6.45) is 7.79. The number of amides is 1. The molecule has 1 saturated carbocycles. The summed E-state index contributed by atoms with van der Waals surface area (Å²) in [6, 6.07) is 5.82. The van der Waals surface area contributed by atoms with Crippen LogP contribution in [-0.2, 0) is 6.42 Å². The number of hydrogen-bond donors (Lipinski definition) is 3. The maximum absolute atomic E-state index is 11.2. The van der Waals surface area contributed by atoms with Crippen LogP contribution in [0.1, 0.15) is 57.4 Å². The number of nitrogens with zero attached hydrogens (tertiary/aromatic N) is 2. The van der Waals surface area contributed by atoms with Crippen molar-refractivity contribution in [2.45, 2.75) is 51.0 Å². The minimum Gasteiger partial charge on any atom is -0.507 e. The summed E-state index contributed by atoms with van der Waals surface area (Å²) in [5.74, 6) is 0.862. The number of hydrogen-bond acceptors (Lipinski definition) is 6. The van der Waals surface area contributed by atoms with Crippen molar-refractivity contribution in [3.63, 3.8) is 0 Å². The molecule has 2 atom stereocenters. The van der Waals surface area contributed by atoms with E-state index >= 15 is 0 Å². The van der Waals surface area contributed by atoms with E-state index in [0.717, 1.165) is 37.4 Å². The van der Waals surface area contributed by atoms with Gasteiger partial charge in [0.15, 0.2) is 0 Å². The van der Waals surface area contributed by atoms with Crippen LogP contribution in [0.15, 0.2) is 24.4 Å². The average molecular weight is 429 g/mol. The zero-order chi connectivity index (χ0) is 21.1. The number of carbonyl (C=O) groups is 1. The number of primary amides is 1. The van der Waals surface area contributed by atoms with Crippen LogP contribution in [0.5, 0.6) is 5.75 Å². The molecule has 4 rings (SSSR count). The molecule has 162 valence electrons. The lowest BCUT2D eigenvalue weighted by atomic mass is 9.96. The number of likely N-dealkylation sites (tertiary alicyclic amines) is 1. The molecule has 1 aromatic carbocycles. The highest BCUT2D eigenvalue weighted by Gasteiger charge is 2.39. The molecule has 2 aromatic rings. The molecule has 2 unspecified atom stereocenters. The van der Waals surface area contributed by atoms with Crippen LogP contribution in [0.2, 0.25) is 0 Å². The molecule has 4 N–H and O–H groups in total. The smallest absolute Gasteiger partial charge is 0.252 e. The molecule has 6 nitrogen and oxygen atoms in total. The Kier molecular flexibility index (Phi) is 6.71. The zero-order valence-electron chi connectivity index (χ0n) is 17.6. The molecular weight excluding hydrogens is 396 g/mol. The van der Waals surface area contributed by atoms with Gasteiger partial charge in [-0.2, -0.15) is 0 Å². The van der Waals surface area contributed by atoms with Crippen LogP contribution in [0.3, 0.4) is 0 Å². The third-order valence-corrected chi connectivity index (χ3v) is 7.48. The van der Waals surface area contributed by atoms with Crippen molar-refractivity contribution in [3.05, 3.63) is 45.4 Å². The van der Waals surface area contributed by atoms with Crippen LogP contribution < -0.4 is 11.1 Å². The fourth-order valence-corrected chi connectivity index (χ4v) is 5.43. The predicted molar refractivity (Wildman–Crippen MR) is 120 cm³/mol. The minimum absolute atomic E-state index is 0.0170. The minimum atomic E-state index is -0.591. The van der Waals surface area contributed by atoms with E-state index in [1.54, 1.807) is 12.1 Å². The largest absolute Gasteiger partial charge is 0.507 e. The lowest BCUT2D eigenvalue weighted by Crippen LogP contribution is -2.38. The van der Waals surface area contributed by atoms with Crippen molar-refractivity contribution < 1.29 is 9.90 Å². The number of aromatic nitrogens is 1. The monoisotopic (exact) mass is 428 g/mol. The van der Waals surface area contributed by atoms with E-state index in [2.05, 4.69) is 28.3 Å². The van der Waals surface area contributed by atoms with E-state index in [-0.39, 0.29) is 11.3 Å². The lowest BCUT2D eigenvalue weighted by molar-refractivity contribution is 0.0997. The van der Waals surface area contributed by atoms with Crippen LogP contribution in [0, 0.1) is 12.8 Å². The second-order valence-corrected chi connectivity index (χ2v) is 10.0. The second kappa shape index (κ2) is 9.45. The summed E-state index contributed by atoms with van der Waals surface area (Å²) >= 11 is 1.84. The van der Waals surface area contributed by atoms with E-state index in [4.69, 9.17) is 5.73 Å². The number of carbonyl (C=O) groups excluding carboxylic acids is 1. The van der Waals surface area contributed by atoms with Crippen molar-refractivity contribution in [2.75, 3.05) is 26.2 Å². The molecule has 2 aliphatic rings. The first-order chi connectivity index (χ1) is 14.5. The zero-order valence-corrected chi connectivity index (χ0v) is 18.5. The van der Waals surface area contributed by atoms with Crippen molar-refractivity contribution in [3.8, 4) is 5.75 Å². The van der Waals surface area contributed by atoms with E-state index in [0.29, 0.717) is 12.0 Å². The van der Waals surface area contributed by atoms with Gasteiger partial charge in [-0.25, -0.2) is 4.98 Å². The van der Waals surface area contributed by atoms with Crippen LogP contribution in [0.25, 0.3) is 0 Å². The van der Waals surface area contributed by atoms with Crippen LogP contribution >= 0.6 is 11.3 Å². The molecule has 2 fully saturated rings. The highest BCUT2D eigenvalue weighted by atomic mass is 32.1. The first-order valence-electron chi connectivity index (χ1n) is 11.0. The Balaban J connectivity index is 1.11. The number of nitrogens with one attached hydrogen (secondary N) is 1. The molecule has 1 aromatic heterocycles. The van der Waals surface area contributed by atoms with Crippen molar-refractivity contribution in [1.29, 1.82) is 0 Å². The Labute approximate surface area is 182 Å². The van der Waals surface area contributed by atoms with Gasteiger partial charge in [-0.05, 0) is 88.8 Å². The summed E-state index contributed by atoms with van der Waals surface area (Å²) < 4.78 is 0. The predicted octanol–water partition coefficient (Wildman–Crippen LogP) is 3.05. The molecule has 1 amide bonds. The Morgan fingerprint density at radius 2 is 2.17 bits per heavy atom. The SMILES string of the molecule is Cc1ncc(C2CC2NCC2CCN(CCCc3ccc(C(N)=O)c(O)c3)CC2)s1. The number of aryl methyl sites for hydroxylation is 2. The normalized spacial score (nSPS) is 22.3. The summed E-state index contributed by atoms with van der Waals surface area (Å²) in [5, 5.41) is 14.8. The first kappa shape index (κ1) is 21.3. The molecule has 2 heterocycles. The van der Waals surface area contributed by atoms with Gasteiger partial charge in [-0.1, -0.05) is 6.07 Å². The van der Waals surface area contributed by atoms with E-state index in [1.807, 2.05) is 17.4 Å². The van der Waals surface area contributed by atoms with Crippen LogP contribution in [0.4, 0.5) is 0 Å². The summed E-state index contributed by atoms with van der Waals surface area (Å²) in [6.45, 7) is 6.63. The number of benzene rings is 1. The van der Waals surface area contributed by atoms with Gasteiger partial charge in [0.1, 0.15) is 5.75 Å². The van der Waals surface area contributed by atoms with Crippen molar-refractivity contribution in [2.24, 2.45) is 11.7 Å². The van der Waals surface area contributed by atoms with Gasteiger partial charge < -0.3 is 21.1 Å². The molecule has 1 aliphatic carbocycles. The van der Waals surface area contributed by atoms with Gasteiger partial charge in [-0.3, -0.25) is 4.79 Å². The topological polar surface area (TPSA) is 91.5 Å². The number of rotatable bonds is 9. The van der Waals surface area contributed by atoms with Gasteiger partial charge in [0.2, 0.25) is 0 Å². The maximum Gasteiger partial charge on any atom is 0.252 e. The Morgan fingerprint density at radius 1 is 1.37 bits per heavy atom. The summed E-state index contributed by atoms with van der Waals surface area (Å²) in [7, 11) is 0. The van der Waals surface area contributed by atoms with E-state index < -0.39 is 5.91 Å². The van der Waals surface area contributed by atoms with Crippen molar-refractivity contribution in [1.82, 2.24) is 15.2 Å². The van der Waals surface area contributed by atoms with Crippen molar-refractivity contribution >= 4 is 17.2 Å². The Bertz CT molecular complexity index is 876. The van der Waals surface area contributed by atoms with Gasteiger partial charge in [0.05, 0.1) is 10.6 Å². The fourth-order valence-electron chi connectivity index (χ4n) is 4.46. The molecule has 0 spiro atoms. The maximum atomic E-state index is 11.2. The van der Waals surface area contributed by atoms with Gasteiger partial charge >= 0.3 is 0 Å². The average Bonchev–Trinajstić information content (AvgIpc) is 3.38. The van der Waals surface area contributed by atoms with Crippen LogP contribution in [-0.4, -0.2) is 53.1 Å². The number of phenols is 1. The molecule has 1 aliphatic heterocycles. The number of piperidine rings is 1. The second-order valence-electron chi connectivity index (χ2n) is 8.74. The van der Waals surface area contributed by atoms with Gasteiger partial charge in [0.25, 0.3) is 5.91 Å². The highest BCUT2D eigenvalue weighted by Crippen LogP contribution is 2.43.